The fraction of sp³-hybridized carbons (Fsp3) is 0.460. The number of amides is 7. The first-order chi connectivity index (χ1) is 33.3. The van der Waals surface area contributed by atoms with E-state index in [-0.39, 0.29) is 44.3 Å². The predicted octanol–water partition coefficient (Wildman–Crippen LogP) is 0.857. The van der Waals surface area contributed by atoms with Gasteiger partial charge in [0.2, 0.25) is 41.4 Å². The molecule has 2 saturated heterocycles. The number of cyclic esters (lactones) is 1. The Bertz CT molecular complexity index is 2350. The fourth-order valence-electron chi connectivity index (χ4n) is 8.38. The smallest absolute Gasteiger partial charge is 0.329 e. The van der Waals surface area contributed by atoms with E-state index in [1.165, 1.54) is 38.2 Å². The molecule has 0 unspecified atom stereocenters. The van der Waals surface area contributed by atoms with Crippen molar-refractivity contribution in [2.75, 3.05) is 7.05 Å². The van der Waals surface area contributed by atoms with E-state index in [0.717, 1.165) is 9.80 Å². The maximum Gasteiger partial charge on any atom is 0.329 e. The van der Waals surface area contributed by atoms with E-state index in [1.54, 1.807) is 81.4 Å². The average Bonchev–Trinajstić information content (AvgIpc) is 3.31. The molecule has 9 atom stereocenters. The largest absolute Gasteiger partial charge is 0.508 e. The van der Waals surface area contributed by atoms with E-state index in [4.69, 9.17) is 4.74 Å². The van der Waals surface area contributed by atoms with Crippen LogP contribution in [0.2, 0.25) is 0 Å². The molecule has 376 valence electrons. The van der Waals surface area contributed by atoms with Gasteiger partial charge in [-0.1, -0.05) is 93.6 Å². The van der Waals surface area contributed by atoms with Crippen molar-refractivity contribution in [1.29, 1.82) is 0 Å². The van der Waals surface area contributed by atoms with E-state index >= 15 is 4.79 Å². The summed E-state index contributed by atoms with van der Waals surface area (Å²) in [4.78, 5) is 128. The monoisotopic (exact) mass is 969 g/mol. The van der Waals surface area contributed by atoms with E-state index < -0.39 is 120 Å². The number of benzene rings is 3. The van der Waals surface area contributed by atoms with Crippen molar-refractivity contribution in [3.05, 3.63) is 102 Å². The number of carbonyl (C=O) groups is 9. The van der Waals surface area contributed by atoms with Crippen LogP contribution in [0.1, 0.15) is 76.5 Å². The van der Waals surface area contributed by atoms with Crippen molar-refractivity contribution in [3.63, 3.8) is 0 Å². The zero-order valence-corrected chi connectivity index (χ0v) is 39.8. The predicted molar refractivity (Wildman–Crippen MR) is 252 cm³/mol. The summed E-state index contributed by atoms with van der Waals surface area (Å²) < 4.78 is 5.84. The van der Waals surface area contributed by atoms with Crippen molar-refractivity contribution >= 4 is 53.3 Å². The van der Waals surface area contributed by atoms with Gasteiger partial charge in [-0.2, -0.15) is 0 Å². The molecule has 0 aromatic heterocycles. The van der Waals surface area contributed by atoms with Gasteiger partial charge in [0.05, 0.1) is 6.42 Å². The quantitative estimate of drug-likeness (QED) is 0.104. The Morgan fingerprint density at radius 1 is 0.757 bits per heavy atom. The van der Waals surface area contributed by atoms with Crippen molar-refractivity contribution in [3.8, 4) is 5.75 Å². The summed E-state index contributed by atoms with van der Waals surface area (Å²) in [5.74, 6) is -9.52. The van der Waals surface area contributed by atoms with Crippen LogP contribution >= 0.6 is 0 Å². The molecule has 8 N–H and O–H groups in total. The third-order valence-electron chi connectivity index (χ3n) is 12.3. The number of hydrogen-bond donors (Lipinski definition) is 8. The zero-order valence-electron chi connectivity index (χ0n) is 39.8. The van der Waals surface area contributed by atoms with Crippen molar-refractivity contribution in [2.24, 2.45) is 5.92 Å². The van der Waals surface area contributed by atoms with Crippen LogP contribution in [0.15, 0.2) is 84.9 Å². The number of esters is 1. The Morgan fingerprint density at radius 3 is 1.91 bits per heavy atom. The van der Waals surface area contributed by atoms with Crippen LogP contribution in [0.4, 0.5) is 0 Å². The highest BCUT2D eigenvalue weighted by Gasteiger charge is 2.46. The van der Waals surface area contributed by atoms with Crippen LogP contribution in [0.25, 0.3) is 0 Å². The SMILES string of the molecule is CCCC(=O)N[C@H](CC(=O)O)C(=O)N[C@@H]1C(=O)N[C@@H](Cc2ccc(O)cc2)C(=O)N[C@H]2CC[C@@H](O)N(C2=O)[C@@H](Cc2ccccc2)C(=O)N(C)[C@@H](Cc2ccccc2)C(=O)N[C@@H](C(C)C)C(=O)O[C@H]1C. The average molecular weight is 970 g/mol. The topological polar surface area (TPSA) is 290 Å². The molecule has 0 saturated carbocycles. The normalized spacial score (nSPS) is 24.4. The lowest BCUT2D eigenvalue weighted by molar-refractivity contribution is -0.165. The van der Waals surface area contributed by atoms with Crippen LogP contribution in [0.3, 0.4) is 0 Å². The third-order valence-corrected chi connectivity index (χ3v) is 12.3. The first kappa shape index (κ1) is 53.6. The molecule has 2 aliphatic rings. The molecule has 70 heavy (non-hydrogen) atoms. The van der Waals surface area contributed by atoms with E-state index in [9.17, 15) is 53.7 Å². The zero-order chi connectivity index (χ0) is 51.2. The molecular weight excluding hydrogens is 907 g/mol. The molecule has 5 rings (SSSR count). The molecule has 20 nitrogen and oxygen atoms in total. The number of nitrogens with one attached hydrogen (secondary N) is 5. The third kappa shape index (κ3) is 14.3. The number of rotatable bonds is 14. The maximum absolute atomic E-state index is 15.1. The number of phenols is 1. The Morgan fingerprint density at radius 2 is 1.34 bits per heavy atom. The Kier molecular flexibility index (Phi) is 19.0. The minimum atomic E-state index is -1.88. The van der Waals surface area contributed by atoms with E-state index in [0.29, 0.717) is 23.1 Å². The van der Waals surface area contributed by atoms with Crippen LogP contribution in [0, 0.1) is 5.92 Å². The van der Waals surface area contributed by atoms with Crippen molar-refractivity contribution in [2.45, 2.75) is 134 Å². The lowest BCUT2D eigenvalue weighted by Gasteiger charge is -2.43. The number of carbonyl (C=O) groups excluding carboxylic acids is 8. The minimum absolute atomic E-state index is 0.0538. The summed E-state index contributed by atoms with van der Waals surface area (Å²) in [7, 11) is 1.38. The summed E-state index contributed by atoms with van der Waals surface area (Å²) in [5.41, 5.74) is 1.66. The molecule has 2 bridgehead atoms. The van der Waals surface area contributed by atoms with Gasteiger partial charge < -0.3 is 56.4 Å². The van der Waals surface area contributed by atoms with Crippen molar-refractivity contribution < 1.29 is 63.2 Å². The number of aliphatic hydroxyl groups excluding tert-OH is 1. The highest BCUT2D eigenvalue weighted by Crippen LogP contribution is 2.25. The molecular formula is C50H63N7O13. The highest BCUT2D eigenvalue weighted by molar-refractivity contribution is 5.99. The fourth-order valence-corrected chi connectivity index (χ4v) is 8.38. The van der Waals surface area contributed by atoms with Gasteiger partial charge in [-0.25, -0.2) is 4.79 Å². The van der Waals surface area contributed by atoms with Crippen LogP contribution < -0.4 is 26.6 Å². The second-order valence-electron chi connectivity index (χ2n) is 18.0. The number of phenolic OH excluding ortho intramolecular Hbond substituents is 1. The van der Waals surface area contributed by atoms with Gasteiger partial charge in [0.25, 0.3) is 0 Å². The van der Waals surface area contributed by atoms with Gasteiger partial charge >= 0.3 is 11.9 Å². The molecule has 7 amide bonds. The molecule has 0 aliphatic carbocycles. The molecule has 0 radical (unpaired) electrons. The molecule has 0 spiro atoms. The minimum Gasteiger partial charge on any atom is -0.508 e. The van der Waals surface area contributed by atoms with E-state index in [1.807, 2.05) is 0 Å². The Labute approximate surface area is 405 Å². The number of nitrogens with zero attached hydrogens (tertiary/aromatic N) is 2. The van der Waals surface area contributed by atoms with Gasteiger partial charge in [0.1, 0.15) is 60.4 Å². The molecule has 3 aromatic rings. The second kappa shape index (κ2) is 24.8. The Balaban J connectivity index is 1.65. The number of ether oxygens (including phenoxy) is 1. The second-order valence-corrected chi connectivity index (χ2v) is 18.0. The lowest BCUT2D eigenvalue weighted by Crippen LogP contribution is -2.65. The van der Waals surface area contributed by atoms with Crippen LogP contribution in [-0.4, -0.2) is 140 Å². The van der Waals surface area contributed by atoms with Gasteiger partial charge in [-0.15, -0.1) is 0 Å². The van der Waals surface area contributed by atoms with Gasteiger partial charge in [0, 0.05) is 32.7 Å². The van der Waals surface area contributed by atoms with Gasteiger partial charge in [-0.3, -0.25) is 38.4 Å². The van der Waals surface area contributed by atoms with Crippen LogP contribution in [0.5, 0.6) is 5.75 Å². The van der Waals surface area contributed by atoms with E-state index in [2.05, 4.69) is 26.6 Å². The number of aliphatic carboxylic acids is 1. The Hall–Kier alpha value is -7.35. The molecule has 2 fully saturated rings. The summed E-state index contributed by atoms with van der Waals surface area (Å²) in [6, 6.07) is 12.4. The summed E-state index contributed by atoms with van der Waals surface area (Å²) in [5, 5.41) is 44.0. The number of carboxylic acids is 1. The molecule has 2 heterocycles. The number of carboxylic acid groups (broad SMARTS) is 1. The molecule has 20 heteroatoms. The number of likely N-dealkylation sites (N-methyl/N-ethyl adjacent to an activating group) is 1. The molecule has 3 aromatic carbocycles. The molecule has 2 aliphatic heterocycles. The number of fused-ring (bicyclic) bond motifs is 2. The summed E-state index contributed by atoms with van der Waals surface area (Å²) >= 11 is 0. The first-order valence-corrected chi connectivity index (χ1v) is 23.3. The number of hydrogen-bond acceptors (Lipinski definition) is 12. The van der Waals surface area contributed by atoms with Crippen LogP contribution in [-0.2, 0) is 67.2 Å². The number of aromatic hydroxyl groups is 1. The lowest BCUT2D eigenvalue weighted by atomic mass is 9.95. The van der Waals surface area contributed by atoms with Gasteiger partial charge in [-0.05, 0) is 60.9 Å². The van der Waals surface area contributed by atoms with Gasteiger partial charge in [0.15, 0.2) is 0 Å². The summed E-state index contributed by atoms with van der Waals surface area (Å²) in [6.45, 7) is 6.16. The summed E-state index contributed by atoms with van der Waals surface area (Å²) in [6.07, 6.45) is -4.36. The van der Waals surface area contributed by atoms with Crippen molar-refractivity contribution in [1.82, 2.24) is 36.4 Å². The standard InChI is InChI=1S/C50H63N7O13/c1-6-13-39(59)51-36(27-41(61)62)45(64)55-43-29(4)70-50(69)42(28(2)3)54-46(65)37(25-30-14-9-7-10-15-30)56(5)49(68)38(26-31-16-11-8-12-17-31)57-40(60)23-22-34(48(57)67)52-44(63)35(53-47(43)66)24-32-18-20-33(58)21-19-32/h7-12,14-21,28-29,34-38,40,42-43,58,60H,6,13,22-27H2,1-5H3,(H,51,59)(H,52,63)(H,53,66)(H,54,65)(H,55,64)(H,61,62)/t29-,34-,35-,36+,37-,38-,40+,42-,43-/m0/s1. The highest BCUT2D eigenvalue weighted by atomic mass is 16.5. The maximum atomic E-state index is 15.1. The number of aliphatic hydroxyl groups is 1. The number of piperidine rings is 1. The first-order valence-electron chi connectivity index (χ1n) is 23.3.